The number of ether oxygens (including phenoxy) is 1. The van der Waals surface area contributed by atoms with Crippen LogP contribution in [0.4, 0.5) is 4.79 Å². The van der Waals surface area contributed by atoms with E-state index >= 15 is 0 Å². The maximum atomic E-state index is 11.3. The molecule has 1 aromatic heterocycles. The van der Waals surface area contributed by atoms with Crippen LogP contribution in [-0.4, -0.2) is 37.2 Å². The number of nitrogens with one attached hydrogen (secondary N) is 1. The predicted molar refractivity (Wildman–Crippen MR) is 67.3 cm³/mol. The van der Waals surface area contributed by atoms with Gasteiger partial charge in [-0.15, -0.1) is 0 Å². The van der Waals surface area contributed by atoms with Crippen LogP contribution in [0.1, 0.15) is 31.6 Å². The summed E-state index contributed by atoms with van der Waals surface area (Å²) in [5.74, 6) is 0.897. The smallest absolute Gasteiger partial charge is 0.407 e. The number of furan rings is 1. The second kappa shape index (κ2) is 6.44. The Kier molecular flexibility index (Phi) is 4.64. The second-order valence-corrected chi connectivity index (χ2v) is 4.38. The fourth-order valence-corrected chi connectivity index (χ4v) is 2.31. The summed E-state index contributed by atoms with van der Waals surface area (Å²) in [5.41, 5.74) is 0. The molecule has 1 atom stereocenters. The van der Waals surface area contributed by atoms with E-state index in [0.29, 0.717) is 13.2 Å². The Morgan fingerprint density at radius 2 is 2.33 bits per heavy atom. The highest BCUT2D eigenvalue weighted by atomic mass is 16.5. The maximum Gasteiger partial charge on any atom is 0.407 e. The number of amides is 1. The van der Waals surface area contributed by atoms with Gasteiger partial charge in [-0.1, -0.05) is 0 Å². The molecule has 0 spiro atoms. The van der Waals surface area contributed by atoms with Gasteiger partial charge in [0.2, 0.25) is 0 Å². The van der Waals surface area contributed by atoms with Crippen molar-refractivity contribution in [3.05, 3.63) is 24.2 Å². The number of likely N-dealkylation sites (tertiary alicyclic amines) is 1. The monoisotopic (exact) mass is 252 g/mol. The molecule has 1 aliphatic rings. The van der Waals surface area contributed by atoms with Crippen LogP contribution in [0.5, 0.6) is 0 Å². The van der Waals surface area contributed by atoms with Gasteiger partial charge in [0.15, 0.2) is 0 Å². The Hall–Kier alpha value is -1.49. The molecule has 1 aromatic rings. The van der Waals surface area contributed by atoms with E-state index in [0.717, 1.165) is 18.8 Å². The molecule has 18 heavy (non-hydrogen) atoms. The lowest BCUT2D eigenvalue weighted by Gasteiger charge is -2.25. The summed E-state index contributed by atoms with van der Waals surface area (Å²) >= 11 is 0. The molecular formula is C13H20N2O3. The first kappa shape index (κ1) is 13.0. The van der Waals surface area contributed by atoms with Gasteiger partial charge in [-0.25, -0.2) is 4.79 Å². The van der Waals surface area contributed by atoms with Crippen molar-refractivity contribution in [1.29, 1.82) is 0 Å². The normalized spacial score (nSPS) is 17.6. The summed E-state index contributed by atoms with van der Waals surface area (Å²) in [4.78, 5) is 13.7. The zero-order valence-electron chi connectivity index (χ0n) is 10.7. The van der Waals surface area contributed by atoms with Gasteiger partial charge in [0.1, 0.15) is 5.76 Å². The van der Waals surface area contributed by atoms with Gasteiger partial charge in [0, 0.05) is 6.54 Å². The van der Waals surface area contributed by atoms with E-state index in [1.165, 1.54) is 12.8 Å². The van der Waals surface area contributed by atoms with Gasteiger partial charge in [-0.3, -0.25) is 4.90 Å². The van der Waals surface area contributed by atoms with Crippen LogP contribution < -0.4 is 5.32 Å². The number of hydrogen-bond acceptors (Lipinski definition) is 4. The highest BCUT2D eigenvalue weighted by Crippen LogP contribution is 2.24. The fourth-order valence-electron chi connectivity index (χ4n) is 2.31. The Labute approximate surface area is 107 Å². The van der Waals surface area contributed by atoms with Gasteiger partial charge in [-0.05, 0) is 45.0 Å². The topological polar surface area (TPSA) is 54.7 Å². The van der Waals surface area contributed by atoms with Crippen molar-refractivity contribution in [2.45, 2.75) is 25.8 Å². The van der Waals surface area contributed by atoms with Gasteiger partial charge in [0.05, 0.1) is 18.9 Å². The van der Waals surface area contributed by atoms with E-state index < -0.39 is 0 Å². The van der Waals surface area contributed by atoms with Crippen LogP contribution in [0, 0.1) is 0 Å². The van der Waals surface area contributed by atoms with Crippen LogP contribution in [0.2, 0.25) is 0 Å². The first-order chi connectivity index (χ1) is 8.81. The van der Waals surface area contributed by atoms with Gasteiger partial charge in [-0.2, -0.15) is 0 Å². The van der Waals surface area contributed by atoms with Crippen molar-refractivity contribution in [2.24, 2.45) is 0 Å². The molecule has 2 heterocycles. The largest absolute Gasteiger partial charge is 0.468 e. The summed E-state index contributed by atoms with van der Waals surface area (Å²) in [7, 11) is 0. The molecule has 5 heteroatoms. The number of hydrogen-bond donors (Lipinski definition) is 1. The molecule has 5 nitrogen and oxygen atoms in total. The van der Waals surface area contributed by atoms with Crippen molar-refractivity contribution in [3.63, 3.8) is 0 Å². The van der Waals surface area contributed by atoms with Gasteiger partial charge < -0.3 is 14.5 Å². The Balaban J connectivity index is 1.94. The number of alkyl carbamates (subject to hydrolysis) is 1. The van der Waals surface area contributed by atoms with Crippen LogP contribution in [0.25, 0.3) is 0 Å². The van der Waals surface area contributed by atoms with Crippen LogP contribution in [0.3, 0.4) is 0 Å². The Bertz CT molecular complexity index is 358. The van der Waals surface area contributed by atoms with Crippen LogP contribution >= 0.6 is 0 Å². The average molecular weight is 252 g/mol. The standard InChI is InChI=1S/C13H20N2O3/c1-2-17-13(16)14-10-11(12-6-5-9-18-12)15-7-3-4-8-15/h5-6,9,11H,2-4,7-8,10H2,1H3,(H,14,16). The molecule has 0 bridgehead atoms. The molecule has 0 aromatic carbocycles. The van der Waals surface area contributed by atoms with Crippen molar-refractivity contribution >= 4 is 6.09 Å². The van der Waals surface area contributed by atoms with E-state index in [9.17, 15) is 4.79 Å². The molecule has 1 amide bonds. The first-order valence-corrected chi connectivity index (χ1v) is 6.49. The average Bonchev–Trinajstić information content (AvgIpc) is 3.02. The molecule has 0 radical (unpaired) electrons. The van der Waals surface area contributed by atoms with E-state index in [4.69, 9.17) is 9.15 Å². The lowest BCUT2D eigenvalue weighted by Crippen LogP contribution is -2.36. The van der Waals surface area contributed by atoms with Crippen LogP contribution in [-0.2, 0) is 4.74 Å². The first-order valence-electron chi connectivity index (χ1n) is 6.49. The molecule has 1 N–H and O–H groups in total. The summed E-state index contributed by atoms with van der Waals surface area (Å²) < 4.78 is 10.3. The van der Waals surface area contributed by atoms with E-state index in [-0.39, 0.29) is 12.1 Å². The van der Waals surface area contributed by atoms with Crippen molar-refractivity contribution < 1.29 is 13.9 Å². The fraction of sp³-hybridized carbons (Fsp3) is 0.615. The molecule has 1 aliphatic heterocycles. The molecule has 1 fully saturated rings. The number of nitrogens with zero attached hydrogens (tertiary/aromatic N) is 1. The highest BCUT2D eigenvalue weighted by molar-refractivity contribution is 5.67. The molecular weight excluding hydrogens is 232 g/mol. The lowest BCUT2D eigenvalue weighted by atomic mass is 10.2. The van der Waals surface area contributed by atoms with Crippen molar-refractivity contribution in [2.75, 3.05) is 26.2 Å². The SMILES string of the molecule is CCOC(=O)NCC(c1ccco1)N1CCCC1. The summed E-state index contributed by atoms with van der Waals surface area (Å²) in [5, 5.41) is 2.79. The molecule has 1 unspecified atom stereocenters. The van der Waals surface area contributed by atoms with Gasteiger partial charge >= 0.3 is 6.09 Å². The molecule has 2 rings (SSSR count). The minimum Gasteiger partial charge on any atom is -0.468 e. The zero-order valence-corrected chi connectivity index (χ0v) is 10.7. The zero-order chi connectivity index (χ0) is 12.8. The number of carbonyl (C=O) groups is 1. The Morgan fingerprint density at radius 3 is 2.94 bits per heavy atom. The van der Waals surface area contributed by atoms with Gasteiger partial charge in [0.25, 0.3) is 0 Å². The number of carbonyl (C=O) groups excluding carboxylic acids is 1. The van der Waals surface area contributed by atoms with Crippen LogP contribution in [0.15, 0.2) is 22.8 Å². The van der Waals surface area contributed by atoms with Crippen molar-refractivity contribution in [1.82, 2.24) is 10.2 Å². The predicted octanol–water partition coefficient (Wildman–Crippen LogP) is 2.16. The van der Waals surface area contributed by atoms with E-state index in [1.54, 1.807) is 13.2 Å². The van der Waals surface area contributed by atoms with E-state index in [2.05, 4.69) is 10.2 Å². The van der Waals surface area contributed by atoms with Crippen molar-refractivity contribution in [3.8, 4) is 0 Å². The molecule has 0 saturated carbocycles. The highest BCUT2D eigenvalue weighted by Gasteiger charge is 2.25. The molecule has 100 valence electrons. The summed E-state index contributed by atoms with van der Waals surface area (Å²) in [6, 6.07) is 3.94. The summed E-state index contributed by atoms with van der Waals surface area (Å²) in [6.45, 7) is 4.81. The van der Waals surface area contributed by atoms with E-state index in [1.807, 2.05) is 12.1 Å². The summed E-state index contributed by atoms with van der Waals surface area (Å²) in [6.07, 6.45) is 3.71. The number of rotatable bonds is 5. The maximum absolute atomic E-state index is 11.3. The molecule has 1 saturated heterocycles. The minimum atomic E-state index is -0.367. The lowest BCUT2D eigenvalue weighted by molar-refractivity contribution is 0.144. The third-order valence-corrected chi connectivity index (χ3v) is 3.17. The molecule has 0 aliphatic carbocycles. The Morgan fingerprint density at radius 1 is 1.56 bits per heavy atom. The minimum absolute atomic E-state index is 0.104. The third-order valence-electron chi connectivity index (χ3n) is 3.17. The third kappa shape index (κ3) is 3.26. The quantitative estimate of drug-likeness (QED) is 0.872. The second-order valence-electron chi connectivity index (χ2n) is 4.38.